The number of aldehydes is 1. The summed E-state index contributed by atoms with van der Waals surface area (Å²) in [7, 11) is 0. The normalized spacial score (nSPS) is 25.8. The second kappa shape index (κ2) is 3.67. The number of nitrogens with zero attached hydrogens (tertiary/aromatic N) is 1. The zero-order valence-electron chi connectivity index (χ0n) is 7.77. The molecule has 3 heteroatoms. The number of carbonyl (C=O) groups is 1. The maximum absolute atomic E-state index is 10.6. The summed E-state index contributed by atoms with van der Waals surface area (Å²) in [4.78, 5) is 10.6. The van der Waals surface area contributed by atoms with Crippen LogP contribution in [0.2, 0.25) is 0 Å². The van der Waals surface area contributed by atoms with Crippen molar-refractivity contribution in [2.45, 2.75) is 25.4 Å². The second-order valence-electron chi connectivity index (χ2n) is 3.67. The Morgan fingerprint density at radius 2 is 2.36 bits per heavy atom. The van der Waals surface area contributed by atoms with Gasteiger partial charge >= 0.3 is 0 Å². The minimum atomic E-state index is -0.191. The van der Waals surface area contributed by atoms with E-state index in [1.165, 1.54) is 0 Å². The fourth-order valence-corrected chi connectivity index (χ4v) is 1.42. The smallest absolute Gasteiger partial charge is 0.127 e. The third-order valence-electron chi connectivity index (χ3n) is 2.30. The van der Waals surface area contributed by atoms with E-state index in [0.717, 1.165) is 19.1 Å². The van der Waals surface area contributed by atoms with E-state index in [-0.39, 0.29) is 5.92 Å². The number of hydrogen-bond donors (Lipinski definition) is 0. The first-order valence-electron chi connectivity index (χ1n) is 4.76. The molecule has 72 valence electrons. The molecule has 2 rings (SSSR count). The van der Waals surface area contributed by atoms with Crippen LogP contribution in [0.5, 0.6) is 0 Å². The number of allylic oxidation sites excluding steroid dienone is 3. The van der Waals surface area contributed by atoms with E-state index in [1.54, 1.807) is 12.2 Å². The Hall–Kier alpha value is -1.56. The molecule has 14 heavy (non-hydrogen) atoms. The first-order chi connectivity index (χ1) is 6.81. The molecule has 0 aromatic heterocycles. The molecule has 0 spiro atoms. The third-order valence-corrected chi connectivity index (χ3v) is 2.30. The van der Waals surface area contributed by atoms with Crippen LogP contribution < -0.4 is 0 Å². The third kappa shape index (κ3) is 2.02. The van der Waals surface area contributed by atoms with Gasteiger partial charge in [-0.3, -0.25) is 0 Å². The second-order valence-corrected chi connectivity index (χ2v) is 3.67. The van der Waals surface area contributed by atoms with Crippen LogP contribution in [-0.2, 0) is 9.53 Å². The first kappa shape index (κ1) is 9.01. The molecule has 0 aliphatic heterocycles. The lowest BCUT2D eigenvalue weighted by molar-refractivity contribution is -0.110. The Morgan fingerprint density at radius 1 is 1.57 bits per heavy atom. The summed E-state index contributed by atoms with van der Waals surface area (Å²) in [6, 6.07) is 2.07. The summed E-state index contributed by atoms with van der Waals surface area (Å²) < 4.78 is 5.54. The molecule has 3 nitrogen and oxygen atoms in total. The van der Waals surface area contributed by atoms with Crippen LogP contribution in [0.4, 0.5) is 0 Å². The monoisotopic (exact) mass is 189 g/mol. The maximum atomic E-state index is 10.6. The summed E-state index contributed by atoms with van der Waals surface area (Å²) in [5.74, 6) is 0.496. The van der Waals surface area contributed by atoms with Gasteiger partial charge in [-0.2, -0.15) is 5.26 Å². The van der Waals surface area contributed by atoms with E-state index in [2.05, 4.69) is 6.07 Å². The van der Waals surface area contributed by atoms with E-state index in [1.807, 2.05) is 0 Å². The van der Waals surface area contributed by atoms with E-state index < -0.39 is 0 Å². The number of ether oxygens (including phenoxy) is 1. The lowest BCUT2D eigenvalue weighted by atomic mass is 9.95. The molecule has 0 heterocycles. The molecule has 0 aromatic rings. The van der Waals surface area contributed by atoms with Crippen molar-refractivity contribution in [2.75, 3.05) is 0 Å². The molecule has 2 aliphatic rings. The summed E-state index contributed by atoms with van der Waals surface area (Å²) in [6.45, 7) is 0. The van der Waals surface area contributed by atoms with Gasteiger partial charge in [0.2, 0.25) is 0 Å². The van der Waals surface area contributed by atoms with Crippen LogP contribution in [-0.4, -0.2) is 12.4 Å². The number of carbonyl (C=O) groups excluding carboxylic acids is 1. The number of nitriles is 1. The lowest BCUT2D eigenvalue weighted by Crippen LogP contribution is -2.07. The van der Waals surface area contributed by atoms with E-state index in [4.69, 9.17) is 10.00 Å². The standard InChI is InChI=1S/C11H11NO2/c12-6-8-3-9(7-13)5-11(4-8)14-10-1-2-10/h4-5,7,9-10H,1-3H2. The highest BCUT2D eigenvalue weighted by Crippen LogP contribution is 2.30. The SMILES string of the molecule is N#CC1=CC(OC2CC2)=CC(C=O)C1. The van der Waals surface area contributed by atoms with Gasteiger partial charge < -0.3 is 9.53 Å². The van der Waals surface area contributed by atoms with E-state index in [9.17, 15) is 4.79 Å². The molecule has 1 atom stereocenters. The van der Waals surface area contributed by atoms with Crippen molar-refractivity contribution in [3.05, 3.63) is 23.5 Å². The summed E-state index contributed by atoms with van der Waals surface area (Å²) in [6.07, 6.45) is 7.38. The topological polar surface area (TPSA) is 50.1 Å². The molecule has 0 bridgehead atoms. The van der Waals surface area contributed by atoms with Crippen LogP contribution in [0.15, 0.2) is 23.5 Å². The van der Waals surface area contributed by atoms with E-state index >= 15 is 0 Å². The Morgan fingerprint density at radius 3 is 2.93 bits per heavy atom. The minimum absolute atomic E-state index is 0.191. The Kier molecular flexibility index (Phi) is 2.36. The summed E-state index contributed by atoms with van der Waals surface area (Å²) in [5.41, 5.74) is 0.625. The maximum Gasteiger partial charge on any atom is 0.127 e. The van der Waals surface area contributed by atoms with Crippen molar-refractivity contribution in [1.29, 1.82) is 5.26 Å². The highest BCUT2D eigenvalue weighted by molar-refractivity contribution is 5.60. The zero-order valence-corrected chi connectivity index (χ0v) is 7.77. The average Bonchev–Trinajstić information content (AvgIpc) is 3.01. The predicted octanol–water partition coefficient (Wildman–Crippen LogP) is 1.72. The van der Waals surface area contributed by atoms with Crippen LogP contribution in [0.1, 0.15) is 19.3 Å². The van der Waals surface area contributed by atoms with Gasteiger partial charge in [0.25, 0.3) is 0 Å². The van der Waals surface area contributed by atoms with Gasteiger partial charge in [-0.05, 0) is 31.4 Å². The molecule has 0 aromatic carbocycles. The number of hydrogen-bond acceptors (Lipinski definition) is 3. The minimum Gasteiger partial charge on any atom is -0.491 e. The molecule has 0 N–H and O–H groups in total. The van der Waals surface area contributed by atoms with Crippen LogP contribution in [0.3, 0.4) is 0 Å². The quantitative estimate of drug-likeness (QED) is 0.635. The first-order valence-corrected chi connectivity index (χ1v) is 4.76. The van der Waals surface area contributed by atoms with Crippen molar-refractivity contribution >= 4 is 6.29 Å². The van der Waals surface area contributed by atoms with Crippen molar-refractivity contribution < 1.29 is 9.53 Å². The van der Waals surface area contributed by atoms with Crippen molar-refractivity contribution in [2.24, 2.45) is 5.92 Å². The molecular formula is C11H11NO2. The van der Waals surface area contributed by atoms with Crippen LogP contribution >= 0.6 is 0 Å². The fraction of sp³-hybridized carbons (Fsp3) is 0.455. The lowest BCUT2D eigenvalue weighted by Gasteiger charge is -2.14. The van der Waals surface area contributed by atoms with Gasteiger partial charge in [-0.1, -0.05) is 0 Å². The van der Waals surface area contributed by atoms with E-state index in [0.29, 0.717) is 23.9 Å². The van der Waals surface area contributed by atoms with Gasteiger partial charge in [0.15, 0.2) is 0 Å². The van der Waals surface area contributed by atoms with Crippen LogP contribution in [0, 0.1) is 17.2 Å². The van der Waals surface area contributed by atoms with Crippen molar-refractivity contribution in [3.8, 4) is 6.07 Å². The molecule has 2 aliphatic carbocycles. The van der Waals surface area contributed by atoms with Gasteiger partial charge in [0.1, 0.15) is 12.0 Å². The molecule has 0 radical (unpaired) electrons. The Labute approximate surface area is 82.7 Å². The fourth-order valence-electron chi connectivity index (χ4n) is 1.42. The highest BCUT2D eigenvalue weighted by Gasteiger charge is 2.25. The summed E-state index contributed by atoms with van der Waals surface area (Å²) in [5, 5.41) is 8.75. The van der Waals surface area contributed by atoms with Crippen molar-refractivity contribution in [1.82, 2.24) is 0 Å². The van der Waals surface area contributed by atoms with Crippen molar-refractivity contribution in [3.63, 3.8) is 0 Å². The van der Waals surface area contributed by atoms with Gasteiger partial charge in [0, 0.05) is 11.5 Å². The molecular weight excluding hydrogens is 178 g/mol. The largest absolute Gasteiger partial charge is 0.491 e. The Balaban J connectivity index is 2.10. The van der Waals surface area contributed by atoms with Gasteiger partial charge in [0.05, 0.1) is 12.2 Å². The Bertz CT molecular complexity index is 345. The van der Waals surface area contributed by atoms with Gasteiger partial charge in [-0.25, -0.2) is 0 Å². The average molecular weight is 189 g/mol. The number of rotatable bonds is 3. The molecule has 1 unspecified atom stereocenters. The molecule has 0 amide bonds. The molecule has 0 saturated heterocycles. The molecule has 1 fully saturated rings. The zero-order chi connectivity index (χ0) is 9.97. The van der Waals surface area contributed by atoms with Crippen LogP contribution in [0.25, 0.3) is 0 Å². The highest BCUT2D eigenvalue weighted by atomic mass is 16.5. The summed E-state index contributed by atoms with van der Waals surface area (Å²) >= 11 is 0. The molecule has 1 saturated carbocycles. The van der Waals surface area contributed by atoms with Gasteiger partial charge in [-0.15, -0.1) is 0 Å². The predicted molar refractivity (Wildman–Crippen MR) is 50.1 cm³/mol.